The highest BCUT2D eigenvalue weighted by molar-refractivity contribution is 7.21. The molecule has 1 amide bonds. The molecule has 0 bridgehead atoms. The Hall–Kier alpha value is -2.19. The Kier molecular flexibility index (Phi) is 5.50. The molecule has 2 aromatic rings. The van der Waals surface area contributed by atoms with Crippen LogP contribution in [0.3, 0.4) is 0 Å². The number of non-ortho nitro benzene ring substituents is 1. The number of ether oxygens (including phenoxy) is 1. The van der Waals surface area contributed by atoms with Gasteiger partial charge in [0.05, 0.1) is 11.5 Å². The summed E-state index contributed by atoms with van der Waals surface area (Å²) in [6, 6.07) is 4.59. The van der Waals surface area contributed by atoms with E-state index in [0.29, 0.717) is 29.2 Å². The number of fused-ring (bicyclic) bond motifs is 1. The quantitative estimate of drug-likeness (QED) is 0.604. The summed E-state index contributed by atoms with van der Waals surface area (Å²) in [4.78, 5) is 25.9. The number of rotatable bonds is 7. The van der Waals surface area contributed by atoms with Crippen LogP contribution in [0.25, 0.3) is 10.1 Å². The highest BCUT2D eigenvalue weighted by Crippen LogP contribution is 2.39. The number of nitro groups is 1. The van der Waals surface area contributed by atoms with Crippen LogP contribution in [-0.2, 0) is 0 Å². The highest BCUT2D eigenvalue weighted by Gasteiger charge is 2.22. The van der Waals surface area contributed by atoms with Crippen LogP contribution in [0.5, 0.6) is 5.75 Å². The Morgan fingerprint density at radius 1 is 1.40 bits per heavy atom. The molecule has 1 fully saturated rings. The topological polar surface area (TPSA) is 84.7 Å². The van der Waals surface area contributed by atoms with Gasteiger partial charge >= 0.3 is 0 Å². The monoisotopic (exact) mass is 363 g/mol. The Balaban J connectivity index is 1.79. The van der Waals surface area contributed by atoms with Crippen molar-refractivity contribution in [3.63, 3.8) is 0 Å². The molecule has 1 N–H and O–H groups in total. The number of nitro benzene ring substituents is 1. The summed E-state index contributed by atoms with van der Waals surface area (Å²) in [5, 5.41) is 14.6. The van der Waals surface area contributed by atoms with Gasteiger partial charge in [0, 0.05) is 35.3 Å². The summed E-state index contributed by atoms with van der Waals surface area (Å²) in [5.74, 6) is 0.247. The second-order valence-corrected chi connectivity index (χ2v) is 6.99. The number of carbonyl (C=O) groups is 1. The average Bonchev–Trinajstić information content (AvgIpc) is 3.23. The van der Waals surface area contributed by atoms with Gasteiger partial charge in [-0.1, -0.05) is 0 Å². The Labute approximate surface area is 149 Å². The largest absolute Gasteiger partial charge is 0.491 e. The minimum atomic E-state index is -0.442. The van der Waals surface area contributed by atoms with Crippen molar-refractivity contribution in [1.29, 1.82) is 0 Å². The van der Waals surface area contributed by atoms with E-state index in [1.165, 1.54) is 36.3 Å². The van der Waals surface area contributed by atoms with Gasteiger partial charge in [-0.25, -0.2) is 0 Å². The molecule has 8 heteroatoms. The first kappa shape index (κ1) is 17.6. The lowest BCUT2D eigenvalue weighted by Gasteiger charge is -2.14. The van der Waals surface area contributed by atoms with Crippen molar-refractivity contribution in [3.05, 3.63) is 33.2 Å². The van der Waals surface area contributed by atoms with Crippen molar-refractivity contribution < 1.29 is 14.5 Å². The van der Waals surface area contributed by atoms with Gasteiger partial charge in [0.1, 0.15) is 4.88 Å². The van der Waals surface area contributed by atoms with Crippen molar-refractivity contribution >= 4 is 33.0 Å². The number of hydrogen-bond donors (Lipinski definition) is 1. The van der Waals surface area contributed by atoms with E-state index in [1.54, 1.807) is 6.07 Å². The van der Waals surface area contributed by atoms with Crippen LogP contribution in [0.4, 0.5) is 5.69 Å². The van der Waals surface area contributed by atoms with E-state index in [-0.39, 0.29) is 11.6 Å². The summed E-state index contributed by atoms with van der Waals surface area (Å²) >= 11 is 1.30. The maximum atomic E-state index is 12.6. The fourth-order valence-electron chi connectivity index (χ4n) is 3.03. The zero-order valence-corrected chi connectivity index (χ0v) is 14.9. The maximum Gasteiger partial charge on any atom is 0.270 e. The molecular weight excluding hydrogens is 342 g/mol. The molecular formula is C17H21N3O4S. The van der Waals surface area contributed by atoms with Crippen molar-refractivity contribution in [2.45, 2.75) is 19.8 Å². The molecule has 0 unspecified atom stereocenters. The Morgan fingerprint density at radius 3 is 2.84 bits per heavy atom. The van der Waals surface area contributed by atoms with Crippen molar-refractivity contribution in [1.82, 2.24) is 10.2 Å². The van der Waals surface area contributed by atoms with Gasteiger partial charge in [-0.15, -0.1) is 11.3 Å². The molecule has 1 aliphatic heterocycles. The second kappa shape index (κ2) is 7.79. The third-order valence-corrected chi connectivity index (χ3v) is 5.39. The van der Waals surface area contributed by atoms with Crippen LogP contribution in [0.15, 0.2) is 18.2 Å². The van der Waals surface area contributed by atoms with E-state index in [0.717, 1.165) is 24.3 Å². The van der Waals surface area contributed by atoms with Crippen LogP contribution in [0, 0.1) is 10.1 Å². The molecule has 134 valence electrons. The van der Waals surface area contributed by atoms with E-state index in [2.05, 4.69) is 10.2 Å². The number of carbonyl (C=O) groups excluding carboxylic acids is 1. The number of benzene rings is 1. The van der Waals surface area contributed by atoms with E-state index in [9.17, 15) is 14.9 Å². The zero-order chi connectivity index (χ0) is 17.8. The molecule has 0 radical (unpaired) electrons. The predicted molar refractivity (Wildman–Crippen MR) is 97.7 cm³/mol. The first-order valence-corrected chi connectivity index (χ1v) is 9.26. The minimum Gasteiger partial charge on any atom is -0.491 e. The molecule has 0 aliphatic carbocycles. The molecule has 1 aromatic carbocycles. The first-order chi connectivity index (χ1) is 12.1. The summed E-state index contributed by atoms with van der Waals surface area (Å²) in [6.45, 7) is 5.82. The maximum absolute atomic E-state index is 12.6. The number of thiophene rings is 1. The van der Waals surface area contributed by atoms with Gasteiger partial charge in [0.25, 0.3) is 11.6 Å². The normalized spacial score (nSPS) is 14.8. The molecule has 0 atom stereocenters. The molecule has 1 aliphatic rings. The molecule has 7 nitrogen and oxygen atoms in total. The Bertz CT molecular complexity index is 784. The third-order valence-electron chi connectivity index (χ3n) is 4.24. The van der Waals surface area contributed by atoms with E-state index in [4.69, 9.17) is 4.74 Å². The summed E-state index contributed by atoms with van der Waals surface area (Å²) < 4.78 is 6.45. The second-order valence-electron chi connectivity index (χ2n) is 5.94. The first-order valence-electron chi connectivity index (χ1n) is 8.44. The van der Waals surface area contributed by atoms with Gasteiger partial charge in [-0.05, 0) is 38.9 Å². The fourth-order valence-corrected chi connectivity index (χ4v) is 4.07. The molecule has 0 saturated carbocycles. The van der Waals surface area contributed by atoms with Gasteiger partial charge in [0.15, 0.2) is 5.75 Å². The number of amides is 1. The van der Waals surface area contributed by atoms with Gasteiger partial charge < -0.3 is 15.0 Å². The highest BCUT2D eigenvalue weighted by atomic mass is 32.1. The zero-order valence-electron chi connectivity index (χ0n) is 14.1. The lowest BCUT2D eigenvalue weighted by Crippen LogP contribution is -2.33. The lowest BCUT2D eigenvalue weighted by molar-refractivity contribution is -0.384. The van der Waals surface area contributed by atoms with Crippen LogP contribution in [-0.4, -0.2) is 48.5 Å². The molecule has 1 aromatic heterocycles. The summed E-state index contributed by atoms with van der Waals surface area (Å²) in [6.07, 6.45) is 2.44. The van der Waals surface area contributed by atoms with E-state index >= 15 is 0 Å². The fraction of sp³-hybridized carbons (Fsp3) is 0.471. The molecule has 0 spiro atoms. The number of nitrogens with one attached hydrogen (secondary N) is 1. The van der Waals surface area contributed by atoms with Crippen LogP contribution in [0.1, 0.15) is 29.4 Å². The van der Waals surface area contributed by atoms with Crippen molar-refractivity contribution in [2.24, 2.45) is 0 Å². The van der Waals surface area contributed by atoms with Gasteiger partial charge in [-0.3, -0.25) is 14.9 Å². The van der Waals surface area contributed by atoms with Crippen LogP contribution >= 0.6 is 11.3 Å². The number of hydrogen-bond acceptors (Lipinski definition) is 6. The van der Waals surface area contributed by atoms with E-state index < -0.39 is 4.92 Å². The predicted octanol–water partition coefficient (Wildman–Crippen LogP) is 3.03. The molecule has 25 heavy (non-hydrogen) atoms. The van der Waals surface area contributed by atoms with Crippen LogP contribution in [0.2, 0.25) is 0 Å². The Morgan fingerprint density at radius 2 is 2.16 bits per heavy atom. The average molecular weight is 363 g/mol. The lowest BCUT2D eigenvalue weighted by atomic mass is 10.2. The van der Waals surface area contributed by atoms with E-state index in [1.807, 2.05) is 6.92 Å². The molecule has 2 heterocycles. The summed E-state index contributed by atoms with van der Waals surface area (Å²) in [5.41, 5.74) is -0.00718. The standard InChI is InChI=1S/C17H21N3O4S/c1-2-24-15-13-11-12(20(22)23)5-6-14(13)25-16(15)17(21)18-7-10-19-8-3-4-9-19/h5-6,11H,2-4,7-10H2,1H3,(H,18,21). The van der Waals surface area contributed by atoms with Crippen molar-refractivity contribution in [2.75, 3.05) is 32.8 Å². The number of nitrogens with zero attached hydrogens (tertiary/aromatic N) is 2. The minimum absolute atomic E-state index is 0.00718. The van der Waals surface area contributed by atoms with Crippen molar-refractivity contribution in [3.8, 4) is 5.75 Å². The van der Waals surface area contributed by atoms with Gasteiger partial charge in [-0.2, -0.15) is 0 Å². The smallest absolute Gasteiger partial charge is 0.270 e. The molecule has 1 saturated heterocycles. The number of likely N-dealkylation sites (tertiary alicyclic amines) is 1. The SMILES string of the molecule is CCOc1c(C(=O)NCCN2CCCC2)sc2ccc([N+](=O)[O-])cc12. The summed E-state index contributed by atoms with van der Waals surface area (Å²) in [7, 11) is 0. The van der Waals surface area contributed by atoms with Gasteiger partial charge in [0.2, 0.25) is 0 Å². The van der Waals surface area contributed by atoms with Crippen LogP contribution < -0.4 is 10.1 Å². The molecule has 3 rings (SSSR count). The third kappa shape index (κ3) is 3.91.